The van der Waals surface area contributed by atoms with Crippen molar-refractivity contribution in [3.05, 3.63) is 21.4 Å². The number of hydrogen-bond acceptors (Lipinski definition) is 3. The molecule has 1 atom stereocenters. The molecule has 0 radical (unpaired) electrons. The summed E-state index contributed by atoms with van der Waals surface area (Å²) in [5, 5.41) is 11.5. The number of thiophene rings is 1. The molecule has 20 heavy (non-hydrogen) atoms. The van der Waals surface area contributed by atoms with Crippen molar-refractivity contribution in [2.75, 3.05) is 0 Å². The van der Waals surface area contributed by atoms with Gasteiger partial charge in [0, 0.05) is 17.3 Å². The number of rotatable bonds is 8. The van der Waals surface area contributed by atoms with E-state index in [9.17, 15) is 9.59 Å². The zero-order valence-corrected chi connectivity index (χ0v) is 13.2. The summed E-state index contributed by atoms with van der Waals surface area (Å²) in [7, 11) is 0. The molecule has 5 heteroatoms. The van der Waals surface area contributed by atoms with Gasteiger partial charge in [0.2, 0.25) is 0 Å². The predicted molar refractivity (Wildman–Crippen MR) is 81.5 cm³/mol. The van der Waals surface area contributed by atoms with E-state index in [0.29, 0.717) is 12.8 Å². The number of carbonyl (C=O) groups excluding carboxylic acids is 1. The molecular weight excluding hydrogens is 274 g/mol. The highest BCUT2D eigenvalue weighted by Gasteiger charge is 2.14. The summed E-state index contributed by atoms with van der Waals surface area (Å²) in [6.07, 6.45) is 3.50. The maximum atomic E-state index is 12.1. The van der Waals surface area contributed by atoms with Crippen LogP contribution >= 0.6 is 11.3 Å². The van der Waals surface area contributed by atoms with E-state index < -0.39 is 5.97 Å². The molecule has 0 spiro atoms. The van der Waals surface area contributed by atoms with Crippen molar-refractivity contribution in [3.8, 4) is 0 Å². The second-order valence-electron chi connectivity index (χ2n) is 5.10. The third kappa shape index (κ3) is 5.33. The standard InChI is InChI=1S/C15H23NO3S/c1-4-6-12-9-13(20-11(12)3)15(19)16-10(2)7-5-8-14(17)18/h9-10H,4-8H2,1-3H3,(H,16,19)(H,17,18). The monoisotopic (exact) mass is 297 g/mol. The molecule has 0 saturated carbocycles. The molecule has 1 heterocycles. The number of aliphatic carboxylic acids is 1. The molecule has 112 valence electrons. The fraction of sp³-hybridized carbons (Fsp3) is 0.600. The highest BCUT2D eigenvalue weighted by Crippen LogP contribution is 2.23. The second-order valence-corrected chi connectivity index (χ2v) is 6.36. The zero-order valence-electron chi connectivity index (χ0n) is 12.4. The Morgan fingerprint density at radius 3 is 2.75 bits per heavy atom. The lowest BCUT2D eigenvalue weighted by molar-refractivity contribution is -0.137. The van der Waals surface area contributed by atoms with Gasteiger partial charge in [-0.1, -0.05) is 13.3 Å². The maximum absolute atomic E-state index is 12.1. The molecule has 0 fully saturated rings. The largest absolute Gasteiger partial charge is 0.481 e. The van der Waals surface area contributed by atoms with Gasteiger partial charge in [-0.05, 0) is 44.7 Å². The number of aryl methyl sites for hydroxylation is 2. The Labute approximate surface area is 124 Å². The molecule has 1 unspecified atom stereocenters. The van der Waals surface area contributed by atoms with Gasteiger partial charge in [0.15, 0.2) is 0 Å². The van der Waals surface area contributed by atoms with Crippen LogP contribution in [0, 0.1) is 6.92 Å². The summed E-state index contributed by atoms with van der Waals surface area (Å²) in [5.74, 6) is -0.843. The van der Waals surface area contributed by atoms with Crippen LogP contribution in [0.5, 0.6) is 0 Å². The van der Waals surface area contributed by atoms with E-state index >= 15 is 0 Å². The van der Waals surface area contributed by atoms with Crippen LogP contribution in [-0.2, 0) is 11.2 Å². The summed E-state index contributed by atoms with van der Waals surface area (Å²) in [6.45, 7) is 6.08. The lowest BCUT2D eigenvalue weighted by atomic mass is 10.1. The molecule has 1 amide bonds. The van der Waals surface area contributed by atoms with E-state index in [1.54, 1.807) is 0 Å². The van der Waals surface area contributed by atoms with Gasteiger partial charge >= 0.3 is 5.97 Å². The fourth-order valence-electron chi connectivity index (χ4n) is 2.08. The first-order valence-electron chi connectivity index (χ1n) is 7.06. The van der Waals surface area contributed by atoms with Crippen LogP contribution in [0.4, 0.5) is 0 Å². The number of carboxylic acid groups (broad SMARTS) is 1. The predicted octanol–water partition coefficient (Wildman–Crippen LogP) is 3.38. The van der Waals surface area contributed by atoms with E-state index in [1.165, 1.54) is 21.8 Å². The quantitative estimate of drug-likeness (QED) is 0.773. The van der Waals surface area contributed by atoms with Crippen LogP contribution in [0.15, 0.2) is 6.07 Å². The molecule has 0 aliphatic heterocycles. The van der Waals surface area contributed by atoms with Crippen molar-refractivity contribution in [1.29, 1.82) is 0 Å². The lowest BCUT2D eigenvalue weighted by Gasteiger charge is -2.12. The van der Waals surface area contributed by atoms with Crippen molar-refractivity contribution in [1.82, 2.24) is 5.32 Å². The van der Waals surface area contributed by atoms with Gasteiger partial charge in [-0.15, -0.1) is 11.3 Å². The first kappa shape index (κ1) is 16.7. The topological polar surface area (TPSA) is 66.4 Å². The minimum atomic E-state index is -0.790. The Morgan fingerprint density at radius 1 is 1.45 bits per heavy atom. The van der Waals surface area contributed by atoms with E-state index in [0.717, 1.165) is 17.7 Å². The van der Waals surface area contributed by atoms with Gasteiger partial charge < -0.3 is 10.4 Å². The Balaban J connectivity index is 2.49. The summed E-state index contributed by atoms with van der Waals surface area (Å²) in [4.78, 5) is 24.5. The first-order valence-corrected chi connectivity index (χ1v) is 7.87. The van der Waals surface area contributed by atoms with Gasteiger partial charge in [0.05, 0.1) is 4.88 Å². The number of amides is 1. The molecule has 0 aromatic carbocycles. The highest BCUT2D eigenvalue weighted by atomic mass is 32.1. The summed E-state index contributed by atoms with van der Waals surface area (Å²) >= 11 is 1.53. The molecule has 1 rings (SSSR count). The number of carboxylic acids is 1. The Kier molecular flexibility index (Phi) is 6.71. The van der Waals surface area contributed by atoms with E-state index in [4.69, 9.17) is 5.11 Å². The SMILES string of the molecule is CCCc1cc(C(=O)NC(C)CCCC(=O)O)sc1C. The van der Waals surface area contributed by atoms with Crippen LogP contribution in [0.1, 0.15) is 59.6 Å². The normalized spacial score (nSPS) is 12.2. The fourth-order valence-corrected chi connectivity index (χ4v) is 3.05. The summed E-state index contributed by atoms with van der Waals surface area (Å²) in [6, 6.07) is 1.97. The van der Waals surface area contributed by atoms with Gasteiger partial charge in [0.1, 0.15) is 0 Å². The minimum Gasteiger partial charge on any atom is -0.481 e. The third-order valence-electron chi connectivity index (χ3n) is 3.17. The Hall–Kier alpha value is -1.36. The van der Waals surface area contributed by atoms with Crippen molar-refractivity contribution in [2.45, 2.75) is 58.9 Å². The molecule has 1 aromatic heterocycles. The average molecular weight is 297 g/mol. The minimum absolute atomic E-state index is 0.00104. The summed E-state index contributed by atoms with van der Waals surface area (Å²) in [5.41, 5.74) is 1.25. The highest BCUT2D eigenvalue weighted by molar-refractivity contribution is 7.14. The van der Waals surface area contributed by atoms with Crippen LogP contribution in [-0.4, -0.2) is 23.0 Å². The molecule has 0 saturated heterocycles. The summed E-state index contributed by atoms with van der Waals surface area (Å²) < 4.78 is 0. The number of nitrogens with one attached hydrogen (secondary N) is 1. The third-order valence-corrected chi connectivity index (χ3v) is 4.26. The van der Waals surface area contributed by atoms with Crippen LogP contribution in [0.2, 0.25) is 0 Å². The lowest BCUT2D eigenvalue weighted by Crippen LogP contribution is -2.32. The Bertz CT molecular complexity index is 468. The smallest absolute Gasteiger partial charge is 0.303 e. The van der Waals surface area contributed by atoms with Crippen molar-refractivity contribution in [2.24, 2.45) is 0 Å². The van der Waals surface area contributed by atoms with Crippen molar-refractivity contribution in [3.63, 3.8) is 0 Å². The molecule has 2 N–H and O–H groups in total. The first-order chi connectivity index (χ1) is 9.43. The molecule has 4 nitrogen and oxygen atoms in total. The van der Waals surface area contributed by atoms with Crippen LogP contribution < -0.4 is 5.32 Å². The molecular formula is C15H23NO3S. The average Bonchev–Trinajstić information content (AvgIpc) is 2.71. The number of hydrogen-bond donors (Lipinski definition) is 2. The van der Waals surface area contributed by atoms with Crippen molar-refractivity contribution < 1.29 is 14.7 Å². The maximum Gasteiger partial charge on any atom is 0.303 e. The second kappa shape index (κ2) is 8.04. The van der Waals surface area contributed by atoms with E-state index in [2.05, 4.69) is 12.2 Å². The molecule has 0 aliphatic carbocycles. The van der Waals surface area contributed by atoms with Crippen LogP contribution in [0.25, 0.3) is 0 Å². The van der Waals surface area contributed by atoms with Gasteiger partial charge in [-0.3, -0.25) is 9.59 Å². The Morgan fingerprint density at radius 2 is 2.15 bits per heavy atom. The molecule has 1 aromatic rings. The van der Waals surface area contributed by atoms with E-state index in [1.807, 2.05) is 19.9 Å². The number of carbonyl (C=O) groups is 2. The van der Waals surface area contributed by atoms with Gasteiger partial charge in [-0.2, -0.15) is 0 Å². The molecule has 0 bridgehead atoms. The van der Waals surface area contributed by atoms with E-state index in [-0.39, 0.29) is 18.4 Å². The van der Waals surface area contributed by atoms with Crippen LogP contribution in [0.3, 0.4) is 0 Å². The zero-order chi connectivity index (χ0) is 15.1. The molecule has 0 aliphatic rings. The van der Waals surface area contributed by atoms with Gasteiger partial charge in [-0.25, -0.2) is 0 Å². The van der Waals surface area contributed by atoms with Crippen molar-refractivity contribution >= 4 is 23.2 Å². The van der Waals surface area contributed by atoms with Gasteiger partial charge in [0.25, 0.3) is 5.91 Å².